The van der Waals surface area contributed by atoms with Gasteiger partial charge in [-0.05, 0) is 36.0 Å². The normalized spacial score (nSPS) is 19.5. The second-order valence-corrected chi connectivity index (χ2v) is 11.5. The molecule has 0 radical (unpaired) electrons. The van der Waals surface area contributed by atoms with Crippen molar-refractivity contribution in [1.29, 1.82) is 0 Å². The van der Waals surface area contributed by atoms with Gasteiger partial charge in [0.25, 0.3) is 5.91 Å². The van der Waals surface area contributed by atoms with E-state index < -0.39 is 18.1 Å². The molecule has 7 nitrogen and oxygen atoms in total. The summed E-state index contributed by atoms with van der Waals surface area (Å²) >= 11 is 1.43. The molecule has 0 aliphatic carbocycles. The van der Waals surface area contributed by atoms with Crippen LogP contribution in [0.15, 0.2) is 54.0 Å². The predicted octanol–water partition coefficient (Wildman–Crippen LogP) is 5.73. The maximum Gasteiger partial charge on any atom is 0.326 e. The summed E-state index contributed by atoms with van der Waals surface area (Å²) in [5.74, 6) is -0.877. The fourth-order valence-corrected chi connectivity index (χ4v) is 6.16. The quantitative estimate of drug-likeness (QED) is 0.376. The number of hydrogen-bond donors (Lipinski definition) is 1. The van der Waals surface area contributed by atoms with Crippen LogP contribution >= 0.6 is 11.3 Å². The van der Waals surface area contributed by atoms with Crippen molar-refractivity contribution in [1.82, 2.24) is 9.88 Å². The number of amides is 1. The molecule has 0 bridgehead atoms. The summed E-state index contributed by atoms with van der Waals surface area (Å²) in [7, 11) is 1.62. The van der Waals surface area contributed by atoms with Crippen LogP contribution in [0.3, 0.4) is 0 Å². The Morgan fingerprint density at radius 1 is 1.16 bits per heavy atom. The van der Waals surface area contributed by atoms with Crippen molar-refractivity contribution < 1.29 is 24.2 Å². The fraction of sp³-hybridized carbons (Fsp3) is 0.433. The van der Waals surface area contributed by atoms with Crippen LogP contribution in [0.5, 0.6) is 5.75 Å². The van der Waals surface area contributed by atoms with E-state index in [1.807, 2.05) is 54.8 Å². The molecule has 4 rings (SSSR count). The molecule has 2 aromatic carbocycles. The number of likely N-dealkylation sites (tertiary alicyclic amines) is 1. The third-order valence-corrected chi connectivity index (χ3v) is 7.94. The summed E-state index contributed by atoms with van der Waals surface area (Å²) < 4.78 is 11.7. The van der Waals surface area contributed by atoms with Crippen molar-refractivity contribution in [2.24, 2.45) is 5.92 Å². The predicted molar refractivity (Wildman–Crippen MR) is 148 cm³/mol. The average molecular weight is 537 g/mol. The van der Waals surface area contributed by atoms with Gasteiger partial charge in [0, 0.05) is 41.6 Å². The Morgan fingerprint density at radius 2 is 1.89 bits per heavy atom. The molecule has 0 saturated carbocycles. The molecule has 0 spiro atoms. The van der Waals surface area contributed by atoms with Gasteiger partial charge in [-0.1, -0.05) is 57.2 Å². The van der Waals surface area contributed by atoms with Gasteiger partial charge in [0.1, 0.15) is 16.8 Å². The minimum Gasteiger partial charge on any atom is -0.496 e. The SMILES string of the molecule is CCOCC1CC(C(=O)O)N(C(=O)c2ccc(C(C)(C)C)c(OC)c2Cc2ccccc2)C1c1nccs1. The molecular weight excluding hydrogens is 500 g/mol. The number of benzene rings is 2. The van der Waals surface area contributed by atoms with Crippen LogP contribution in [0, 0.1) is 5.92 Å². The van der Waals surface area contributed by atoms with Gasteiger partial charge >= 0.3 is 5.97 Å². The second kappa shape index (κ2) is 11.7. The van der Waals surface area contributed by atoms with Crippen LogP contribution in [0.4, 0.5) is 0 Å². The van der Waals surface area contributed by atoms with Crippen LogP contribution in [-0.2, 0) is 21.4 Å². The number of rotatable bonds is 9. The number of aliphatic carboxylic acids is 1. The Hall–Kier alpha value is -3.23. The molecule has 202 valence electrons. The number of nitrogens with zero attached hydrogens (tertiary/aromatic N) is 2. The van der Waals surface area contributed by atoms with E-state index in [2.05, 4.69) is 25.8 Å². The van der Waals surface area contributed by atoms with Gasteiger partial charge in [-0.2, -0.15) is 0 Å². The Bertz CT molecular complexity index is 1250. The molecule has 3 aromatic rings. The zero-order chi connectivity index (χ0) is 27.4. The van der Waals surface area contributed by atoms with Crippen LogP contribution in [0.2, 0.25) is 0 Å². The summed E-state index contributed by atoms with van der Waals surface area (Å²) in [6, 6.07) is 12.2. The van der Waals surface area contributed by atoms with Gasteiger partial charge < -0.3 is 19.5 Å². The molecule has 1 aromatic heterocycles. The lowest BCUT2D eigenvalue weighted by molar-refractivity contribution is -0.141. The topological polar surface area (TPSA) is 89.0 Å². The first-order valence-corrected chi connectivity index (χ1v) is 13.8. The third-order valence-electron chi connectivity index (χ3n) is 7.09. The third kappa shape index (κ3) is 5.61. The highest BCUT2D eigenvalue weighted by Crippen LogP contribution is 2.45. The lowest BCUT2D eigenvalue weighted by Crippen LogP contribution is -2.42. The first-order valence-electron chi connectivity index (χ1n) is 12.9. The van der Waals surface area contributed by atoms with Crippen molar-refractivity contribution in [3.63, 3.8) is 0 Å². The minimum absolute atomic E-state index is 0.181. The summed E-state index contributed by atoms with van der Waals surface area (Å²) in [6.45, 7) is 9.10. The number of aromatic nitrogens is 1. The number of carbonyl (C=O) groups excluding carboxylic acids is 1. The van der Waals surface area contributed by atoms with E-state index in [9.17, 15) is 14.7 Å². The molecule has 1 N–H and O–H groups in total. The van der Waals surface area contributed by atoms with Crippen molar-refractivity contribution in [3.8, 4) is 5.75 Å². The number of carbonyl (C=O) groups is 2. The van der Waals surface area contributed by atoms with E-state index in [0.29, 0.717) is 37.4 Å². The van der Waals surface area contributed by atoms with E-state index in [-0.39, 0.29) is 17.2 Å². The van der Waals surface area contributed by atoms with Gasteiger partial charge in [-0.25, -0.2) is 9.78 Å². The first kappa shape index (κ1) is 27.8. The lowest BCUT2D eigenvalue weighted by atomic mass is 9.82. The molecule has 1 amide bonds. The molecule has 8 heteroatoms. The molecule has 1 aliphatic rings. The Labute approximate surface area is 228 Å². The molecule has 1 aliphatic heterocycles. The highest BCUT2D eigenvalue weighted by Gasteiger charge is 2.49. The maximum absolute atomic E-state index is 14.5. The Balaban J connectivity index is 1.87. The number of thiazole rings is 1. The minimum atomic E-state index is -1.03. The molecule has 38 heavy (non-hydrogen) atoms. The molecular formula is C30H36N2O5S. The Kier molecular flexibility index (Phi) is 8.53. The number of carboxylic acid groups (broad SMARTS) is 1. The van der Waals surface area contributed by atoms with E-state index in [1.165, 1.54) is 16.2 Å². The molecule has 3 unspecified atom stereocenters. The molecule has 3 atom stereocenters. The van der Waals surface area contributed by atoms with Gasteiger partial charge in [0.05, 0.1) is 19.8 Å². The van der Waals surface area contributed by atoms with E-state index in [1.54, 1.807) is 13.3 Å². The lowest BCUT2D eigenvalue weighted by Gasteiger charge is -2.31. The summed E-state index contributed by atoms with van der Waals surface area (Å²) in [4.78, 5) is 33.0. The van der Waals surface area contributed by atoms with Crippen molar-refractivity contribution in [2.45, 2.75) is 58.0 Å². The van der Waals surface area contributed by atoms with Gasteiger partial charge in [0.15, 0.2) is 0 Å². The Morgan fingerprint density at radius 3 is 2.47 bits per heavy atom. The number of hydrogen-bond acceptors (Lipinski definition) is 6. The van der Waals surface area contributed by atoms with E-state index >= 15 is 0 Å². The number of carboxylic acids is 1. The molecule has 2 heterocycles. The maximum atomic E-state index is 14.5. The molecule has 1 fully saturated rings. The molecule has 1 saturated heterocycles. The van der Waals surface area contributed by atoms with Crippen LogP contribution in [0.1, 0.15) is 72.2 Å². The zero-order valence-electron chi connectivity index (χ0n) is 22.6. The van der Waals surface area contributed by atoms with E-state index in [4.69, 9.17) is 9.47 Å². The average Bonchev–Trinajstić information content (AvgIpc) is 3.55. The van der Waals surface area contributed by atoms with Gasteiger partial charge in [0.2, 0.25) is 0 Å². The summed E-state index contributed by atoms with van der Waals surface area (Å²) in [5.41, 5.74) is 3.01. The summed E-state index contributed by atoms with van der Waals surface area (Å²) in [5, 5.41) is 12.8. The largest absolute Gasteiger partial charge is 0.496 e. The van der Waals surface area contributed by atoms with Crippen LogP contribution in [-0.4, -0.2) is 53.2 Å². The standard InChI is InChI=1S/C30H36N2O5S/c1-6-37-18-20-17-24(29(34)35)32(25(20)27-31-14-15-38-27)28(33)21-12-13-23(30(2,3)4)26(36-5)22(21)16-19-10-8-7-9-11-19/h7-15,20,24-25H,6,16-18H2,1-5H3,(H,34,35). The van der Waals surface area contributed by atoms with Crippen molar-refractivity contribution in [3.05, 3.63) is 81.3 Å². The zero-order valence-corrected chi connectivity index (χ0v) is 23.5. The van der Waals surface area contributed by atoms with Gasteiger partial charge in [-0.15, -0.1) is 11.3 Å². The van der Waals surface area contributed by atoms with Crippen molar-refractivity contribution >= 4 is 23.2 Å². The van der Waals surface area contributed by atoms with Crippen LogP contribution < -0.4 is 4.74 Å². The van der Waals surface area contributed by atoms with E-state index in [0.717, 1.165) is 21.7 Å². The first-order chi connectivity index (χ1) is 18.2. The van der Waals surface area contributed by atoms with Crippen molar-refractivity contribution in [2.75, 3.05) is 20.3 Å². The number of ether oxygens (including phenoxy) is 2. The van der Waals surface area contributed by atoms with Gasteiger partial charge in [-0.3, -0.25) is 4.79 Å². The summed E-state index contributed by atoms with van der Waals surface area (Å²) in [6.07, 6.45) is 2.47. The smallest absolute Gasteiger partial charge is 0.326 e. The van der Waals surface area contributed by atoms with Crippen LogP contribution in [0.25, 0.3) is 0 Å². The monoisotopic (exact) mass is 536 g/mol. The second-order valence-electron chi connectivity index (χ2n) is 10.6. The number of methoxy groups -OCH3 is 1. The highest BCUT2D eigenvalue weighted by molar-refractivity contribution is 7.09. The fourth-order valence-electron chi connectivity index (χ4n) is 5.33. The highest BCUT2D eigenvalue weighted by atomic mass is 32.1.